The molecule has 7 heteroatoms. The average molecular weight is 482 g/mol. The smallest absolute Gasteiger partial charge is 0.231 e. The van der Waals surface area contributed by atoms with Gasteiger partial charge in [-0.1, -0.05) is 23.7 Å². The zero-order valence-corrected chi connectivity index (χ0v) is 19.3. The number of fused-ring (bicyclic) bond motifs is 1. The van der Waals surface area contributed by atoms with Gasteiger partial charge in [0.1, 0.15) is 11.6 Å². The van der Waals surface area contributed by atoms with Crippen LogP contribution in [0.2, 0.25) is 5.02 Å². The summed E-state index contributed by atoms with van der Waals surface area (Å²) in [6.45, 7) is 2.49. The fraction of sp³-hybridized carbons (Fsp3) is 0.296. The molecule has 0 saturated carbocycles. The number of ketones is 1. The van der Waals surface area contributed by atoms with Crippen molar-refractivity contribution in [2.45, 2.75) is 12.3 Å². The van der Waals surface area contributed by atoms with Crippen LogP contribution in [0.25, 0.3) is 0 Å². The minimum atomic E-state index is -0.247. The molecule has 0 aromatic heterocycles. The number of piperidine rings is 1. The molecule has 34 heavy (non-hydrogen) atoms. The number of nitrogens with zero attached hydrogens (tertiary/aromatic N) is 1. The number of Topliss-reactive ketones (excluding diaryl/α,β-unsaturated/α-hetero) is 1. The quantitative estimate of drug-likeness (QED) is 0.412. The molecule has 0 radical (unpaired) electrons. The Bertz CT molecular complexity index is 1150. The number of hydrogen-bond acceptors (Lipinski definition) is 5. The molecule has 3 aromatic rings. The van der Waals surface area contributed by atoms with Crippen LogP contribution < -0.4 is 14.2 Å². The lowest BCUT2D eigenvalue weighted by molar-refractivity contribution is 0.0806. The Kier molecular flexibility index (Phi) is 6.70. The van der Waals surface area contributed by atoms with Crippen LogP contribution >= 0.6 is 11.6 Å². The van der Waals surface area contributed by atoms with Crippen molar-refractivity contribution < 1.29 is 23.4 Å². The first-order valence-corrected chi connectivity index (χ1v) is 11.7. The van der Waals surface area contributed by atoms with E-state index in [2.05, 4.69) is 4.90 Å². The molecule has 0 aliphatic carbocycles. The Morgan fingerprint density at radius 2 is 1.79 bits per heavy atom. The van der Waals surface area contributed by atoms with Crippen molar-refractivity contribution in [1.29, 1.82) is 0 Å². The molecule has 2 atom stereocenters. The van der Waals surface area contributed by atoms with E-state index in [1.165, 1.54) is 12.1 Å². The van der Waals surface area contributed by atoms with Gasteiger partial charge in [-0.3, -0.25) is 9.69 Å². The predicted molar refractivity (Wildman–Crippen MR) is 128 cm³/mol. The lowest BCUT2D eigenvalue weighted by atomic mass is 9.80. The van der Waals surface area contributed by atoms with Gasteiger partial charge < -0.3 is 14.2 Å². The van der Waals surface area contributed by atoms with Gasteiger partial charge in [0.05, 0.1) is 13.2 Å². The number of likely N-dealkylation sites (tertiary alicyclic amines) is 1. The summed E-state index contributed by atoms with van der Waals surface area (Å²) in [5.74, 6) is 2.23. The summed E-state index contributed by atoms with van der Waals surface area (Å²) < 4.78 is 30.5. The zero-order chi connectivity index (χ0) is 23.5. The second-order valence-corrected chi connectivity index (χ2v) is 9.13. The molecular formula is C27H25ClFNO4. The number of carbonyl (C=O) groups excluding carboxylic acids is 1. The summed E-state index contributed by atoms with van der Waals surface area (Å²) in [5, 5.41) is 0.609. The first-order chi connectivity index (χ1) is 16.5. The van der Waals surface area contributed by atoms with Gasteiger partial charge in [-0.25, -0.2) is 4.39 Å². The highest BCUT2D eigenvalue weighted by Gasteiger charge is 2.32. The summed E-state index contributed by atoms with van der Waals surface area (Å²) in [7, 11) is 0. The van der Waals surface area contributed by atoms with E-state index in [0.717, 1.165) is 18.5 Å². The fourth-order valence-electron chi connectivity index (χ4n) is 4.67. The zero-order valence-electron chi connectivity index (χ0n) is 18.6. The van der Waals surface area contributed by atoms with Gasteiger partial charge >= 0.3 is 0 Å². The van der Waals surface area contributed by atoms with Crippen LogP contribution in [0.4, 0.5) is 4.39 Å². The minimum absolute atomic E-state index is 0.0624. The SMILES string of the molecule is O=C(CN1CC[C@@H](c2ccc(F)cc2)[C@H](COc2ccc3c(c2)OCO3)C1)c1ccc(Cl)cc1. The first kappa shape index (κ1) is 22.7. The van der Waals surface area contributed by atoms with Gasteiger partial charge in [-0.15, -0.1) is 0 Å². The van der Waals surface area contributed by atoms with E-state index in [1.54, 1.807) is 24.3 Å². The summed E-state index contributed by atoms with van der Waals surface area (Å²) >= 11 is 5.95. The highest BCUT2D eigenvalue weighted by atomic mass is 35.5. The molecule has 0 spiro atoms. The number of benzene rings is 3. The van der Waals surface area contributed by atoms with Crippen molar-refractivity contribution in [1.82, 2.24) is 4.90 Å². The lowest BCUT2D eigenvalue weighted by Gasteiger charge is -2.38. The van der Waals surface area contributed by atoms with Crippen molar-refractivity contribution in [3.8, 4) is 17.2 Å². The standard InChI is InChI=1S/C27H25ClFNO4/c28-21-5-1-19(2-6-21)25(31)15-30-12-11-24(18-3-7-22(29)8-4-18)20(14-30)16-32-23-9-10-26-27(13-23)34-17-33-26/h1-10,13,20,24H,11-12,14-17H2/t20-,24-/m0/s1. The maximum atomic E-state index is 13.5. The number of hydrogen-bond donors (Lipinski definition) is 0. The molecule has 0 N–H and O–H groups in total. The van der Waals surface area contributed by atoms with E-state index in [-0.39, 0.29) is 30.2 Å². The van der Waals surface area contributed by atoms with Gasteiger partial charge in [-0.05, 0) is 73.0 Å². The van der Waals surface area contributed by atoms with Gasteiger partial charge in [0.15, 0.2) is 17.3 Å². The molecule has 2 heterocycles. The molecule has 176 valence electrons. The monoisotopic (exact) mass is 481 g/mol. The van der Waals surface area contributed by atoms with E-state index < -0.39 is 0 Å². The van der Waals surface area contributed by atoms with Crippen LogP contribution in [0.15, 0.2) is 66.7 Å². The normalized spacial score (nSPS) is 19.7. The topological polar surface area (TPSA) is 48.0 Å². The van der Waals surface area contributed by atoms with Crippen LogP contribution in [0.1, 0.15) is 28.3 Å². The molecule has 3 aromatic carbocycles. The first-order valence-electron chi connectivity index (χ1n) is 11.3. The third-order valence-corrected chi connectivity index (χ3v) is 6.71. The van der Waals surface area contributed by atoms with Gasteiger partial charge in [0.2, 0.25) is 6.79 Å². The van der Waals surface area contributed by atoms with Gasteiger partial charge in [0, 0.05) is 29.1 Å². The van der Waals surface area contributed by atoms with Crippen LogP contribution in [0.5, 0.6) is 17.2 Å². The maximum Gasteiger partial charge on any atom is 0.231 e. The number of carbonyl (C=O) groups is 1. The Labute approximate surface area is 203 Å². The van der Waals surface area contributed by atoms with E-state index in [9.17, 15) is 9.18 Å². The molecule has 1 saturated heterocycles. The van der Waals surface area contributed by atoms with E-state index in [0.29, 0.717) is 47.5 Å². The Morgan fingerprint density at radius 1 is 1.03 bits per heavy atom. The highest BCUT2D eigenvalue weighted by Crippen LogP contribution is 2.37. The van der Waals surface area contributed by atoms with Crippen molar-refractivity contribution in [2.75, 3.05) is 33.0 Å². The van der Waals surface area contributed by atoms with E-state index >= 15 is 0 Å². The van der Waals surface area contributed by atoms with Crippen molar-refractivity contribution in [3.05, 3.63) is 88.7 Å². The molecule has 2 aliphatic rings. The van der Waals surface area contributed by atoms with Crippen molar-refractivity contribution >= 4 is 17.4 Å². The Balaban J connectivity index is 1.29. The second kappa shape index (κ2) is 10.0. The van der Waals surface area contributed by atoms with E-state index in [1.807, 2.05) is 30.3 Å². The van der Waals surface area contributed by atoms with Crippen LogP contribution in [0, 0.1) is 11.7 Å². The predicted octanol–water partition coefficient (Wildman–Crippen LogP) is 5.58. The number of rotatable bonds is 7. The van der Waals surface area contributed by atoms with Crippen molar-refractivity contribution in [3.63, 3.8) is 0 Å². The Hall–Kier alpha value is -3.09. The van der Waals surface area contributed by atoms with Crippen LogP contribution in [-0.2, 0) is 0 Å². The Morgan fingerprint density at radius 3 is 2.59 bits per heavy atom. The van der Waals surface area contributed by atoms with Crippen LogP contribution in [0.3, 0.4) is 0 Å². The molecule has 5 rings (SSSR count). The fourth-order valence-corrected chi connectivity index (χ4v) is 4.79. The molecule has 2 aliphatic heterocycles. The molecule has 0 amide bonds. The minimum Gasteiger partial charge on any atom is -0.493 e. The van der Waals surface area contributed by atoms with Crippen LogP contribution in [-0.4, -0.2) is 43.7 Å². The molecular weight excluding hydrogens is 457 g/mol. The third-order valence-electron chi connectivity index (χ3n) is 6.46. The van der Waals surface area contributed by atoms with Gasteiger partial charge in [-0.2, -0.15) is 0 Å². The molecule has 0 unspecified atom stereocenters. The molecule has 0 bridgehead atoms. The average Bonchev–Trinajstić information content (AvgIpc) is 3.32. The summed E-state index contributed by atoms with van der Waals surface area (Å²) in [4.78, 5) is 15.0. The van der Waals surface area contributed by atoms with E-state index in [4.69, 9.17) is 25.8 Å². The maximum absolute atomic E-state index is 13.5. The molecule has 5 nitrogen and oxygen atoms in total. The summed E-state index contributed by atoms with van der Waals surface area (Å²) in [6.07, 6.45) is 0.856. The summed E-state index contributed by atoms with van der Waals surface area (Å²) in [5.41, 5.74) is 1.74. The van der Waals surface area contributed by atoms with Gasteiger partial charge in [0.25, 0.3) is 0 Å². The third kappa shape index (κ3) is 5.18. The van der Waals surface area contributed by atoms with Crippen molar-refractivity contribution in [2.24, 2.45) is 5.92 Å². The number of halogens is 2. The number of ether oxygens (including phenoxy) is 3. The molecule has 1 fully saturated rings. The summed E-state index contributed by atoms with van der Waals surface area (Å²) in [6, 6.07) is 19.2. The second-order valence-electron chi connectivity index (χ2n) is 8.70. The lowest BCUT2D eigenvalue weighted by Crippen LogP contribution is -2.44. The highest BCUT2D eigenvalue weighted by molar-refractivity contribution is 6.30. The largest absolute Gasteiger partial charge is 0.493 e.